The van der Waals surface area contributed by atoms with E-state index in [0.29, 0.717) is 31.7 Å². The van der Waals surface area contributed by atoms with Crippen LogP contribution in [-0.4, -0.2) is 72.2 Å². The van der Waals surface area contributed by atoms with Crippen LogP contribution in [0.5, 0.6) is 11.5 Å². The minimum absolute atomic E-state index is 0.0195. The molecule has 9 nitrogen and oxygen atoms in total. The molecule has 1 aliphatic heterocycles. The lowest BCUT2D eigenvalue weighted by Crippen LogP contribution is -2.46. The third kappa shape index (κ3) is 6.17. The normalized spacial score (nSPS) is 14.5. The molecule has 0 spiro atoms. The molecule has 2 aromatic heterocycles. The summed E-state index contributed by atoms with van der Waals surface area (Å²) in [5.41, 5.74) is 2.62. The summed E-state index contributed by atoms with van der Waals surface area (Å²) >= 11 is 0. The number of rotatable bonds is 7. The van der Waals surface area contributed by atoms with Gasteiger partial charge in [-0.05, 0) is 35.9 Å². The predicted molar refractivity (Wildman–Crippen MR) is 159 cm³/mol. The Bertz CT molecular complexity index is 1940. The number of H-pyrrole nitrogens is 1. The molecule has 1 aliphatic rings. The monoisotopic (exact) mass is 660 g/mol. The molecule has 3 heterocycles. The highest BCUT2D eigenvalue weighted by Gasteiger charge is 2.44. The molecule has 1 fully saturated rings. The van der Waals surface area contributed by atoms with E-state index in [2.05, 4.69) is 14.6 Å². The lowest BCUT2D eigenvalue weighted by molar-refractivity contribution is -0.199. The SMILES string of the molecule is COc1c(OC(=O)C(F)(F)F)ccc2c1c(-c1ccccc1)c(CN1CCN(c3cccc4[nH]ccc34)CC1)n2OC(=O)C(F)(F)F. The number of piperazine rings is 1. The van der Waals surface area contributed by atoms with Crippen LogP contribution in [0, 0.1) is 0 Å². The topological polar surface area (TPSA) is 89.0 Å². The Labute approximate surface area is 262 Å². The molecule has 15 heteroatoms. The van der Waals surface area contributed by atoms with Crippen molar-refractivity contribution in [3.8, 4) is 22.6 Å². The zero-order chi connectivity index (χ0) is 33.5. The second kappa shape index (κ2) is 12.2. The fourth-order valence-corrected chi connectivity index (χ4v) is 5.80. The first-order valence-corrected chi connectivity index (χ1v) is 14.3. The maximum Gasteiger partial charge on any atom is 0.493 e. The predicted octanol–water partition coefficient (Wildman–Crippen LogP) is 6.11. The number of anilines is 1. The number of esters is 1. The first kappa shape index (κ1) is 31.8. The van der Waals surface area contributed by atoms with Crippen LogP contribution in [0.1, 0.15) is 5.69 Å². The largest absolute Gasteiger partial charge is 0.493 e. The van der Waals surface area contributed by atoms with Gasteiger partial charge in [-0.3, -0.25) is 4.90 Å². The van der Waals surface area contributed by atoms with Crippen LogP contribution in [0.25, 0.3) is 32.9 Å². The minimum atomic E-state index is -5.36. The molecule has 0 radical (unpaired) electrons. The number of nitrogens with one attached hydrogen (secondary N) is 1. The van der Waals surface area contributed by atoms with E-state index >= 15 is 0 Å². The van der Waals surface area contributed by atoms with Gasteiger partial charge in [-0.2, -0.15) is 31.1 Å². The number of benzene rings is 3. The summed E-state index contributed by atoms with van der Waals surface area (Å²) in [7, 11) is 1.11. The smallest absolute Gasteiger partial charge is 0.492 e. The molecule has 0 unspecified atom stereocenters. The van der Waals surface area contributed by atoms with E-state index in [1.165, 1.54) is 0 Å². The van der Waals surface area contributed by atoms with E-state index < -0.39 is 30.0 Å². The van der Waals surface area contributed by atoms with Gasteiger partial charge in [0.05, 0.1) is 23.7 Å². The van der Waals surface area contributed by atoms with Crippen molar-refractivity contribution >= 4 is 39.4 Å². The van der Waals surface area contributed by atoms with Crippen molar-refractivity contribution in [1.82, 2.24) is 14.6 Å². The van der Waals surface area contributed by atoms with E-state index in [4.69, 9.17) is 9.57 Å². The van der Waals surface area contributed by atoms with Crippen LogP contribution < -0.4 is 19.2 Å². The molecule has 0 amide bonds. The number of hydrogen-bond acceptors (Lipinski definition) is 7. The molecule has 246 valence electrons. The van der Waals surface area contributed by atoms with Crippen LogP contribution in [0.4, 0.5) is 32.0 Å². The number of aromatic amines is 1. The number of aromatic nitrogens is 2. The number of hydrogen-bond donors (Lipinski definition) is 1. The second-order valence-electron chi connectivity index (χ2n) is 10.7. The van der Waals surface area contributed by atoms with Crippen molar-refractivity contribution in [2.24, 2.45) is 0 Å². The molecule has 0 saturated carbocycles. The molecule has 3 aromatic carbocycles. The zero-order valence-electron chi connectivity index (χ0n) is 24.6. The number of nitrogens with zero attached hydrogens (tertiary/aromatic N) is 3. The fraction of sp³-hybridized carbons (Fsp3) is 0.250. The Morgan fingerprint density at radius 2 is 1.53 bits per heavy atom. The van der Waals surface area contributed by atoms with Crippen LogP contribution >= 0.6 is 0 Å². The number of halogens is 6. The summed E-state index contributed by atoms with van der Waals surface area (Å²) in [5.74, 6) is -6.02. The van der Waals surface area contributed by atoms with E-state index in [0.717, 1.165) is 40.6 Å². The summed E-state index contributed by atoms with van der Waals surface area (Å²) in [6, 6.07) is 18.2. The molecule has 1 saturated heterocycles. The second-order valence-corrected chi connectivity index (χ2v) is 10.7. The lowest BCUT2D eigenvalue weighted by atomic mass is 10.0. The van der Waals surface area contributed by atoms with Gasteiger partial charge in [0.15, 0.2) is 11.5 Å². The van der Waals surface area contributed by atoms with Crippen molar-refractivity contribution in [2.75, 3.05) is 38.2 Å². The molecule has 0 atom stereocenters. The Morgan fingerprint density at radius 3 is 2.19 bits per heavy atom. The Hall–Kier alpha value is -5.18. The van der Waals surface area contributed by atoms with Crippen molar-refractivity contribution in [2.45, 2.75) is 18.9 Å². The van der Waals surface area contributed by atoms with Crippen molar-refractivity contribution < 1.29 is 50.2 Å². The molecular weight excluding hydrogens is 634 g/mol. The van der Waals surface area contributed by atoms with Gasteiger partial charge in [-0.15, -0.1) is 0 Å². The number of fused-ring (bicyclic) bond motifs is 2. The first-order chi connectivity index (χ1) is 22.4. The summed E-state index contributed by atoms with van der Waals surface area (Å²) in [6.07, 6.45) is -8.85. The van der Waals surface area contributed by atoms with E-state index in [1.807, 2.05) is 35.4 Å². The van der Waals surface area contributed by atoms with E-state index in [1.54, 1.807) is 30.3 Å². The van der Waals surface area contributed by atoms with E-state index in [-0.39, 0.29) is 34.5 Å². The molecular formula is C32H26F6N4O5. The minimum Gasteiger partial charge on any atom is -0.492 e. The summed E-state index contributed by atoms with van der Waals surface area (Å²) in [6.45, 7) is 2.04. The lowest BCUT2D eigenvalue weighted by Gasteiger charge is -2.36. The van der Waals surface area contributed by atoms with E-state index in [9.17, 15) is 35.9 Å². The van der Waals surface area contributed by atoms with Crippen LogP contribution in [0.3, 0.4) is 0 Å². The average molecular weight is 661 g/mol. The third-order valence-corrected chi connectivity index (χ3v) is 7.87. The molecule has 0 aliphatic carbocycles. The molecule has 5 aromatic rings. The average Bonchev–Trinajstić information content (AvgIpc) is 3.64. The number of carbonyl (C=O) groups is 2. The van der Waals surface area contributed by atoms with Gasteiger partial charge < -0.3 is 24.2 Å². The summed E-state index contributed by atoms with van der Waals surface area (Å²) in [4.78, 5) is 36.2. The summed E-state index contributed by atoms with van der Waals surface area (Å²) < 4.78 is 90.6. The molecule has 0 bridgehead atoms. The van der Waals surface area contributed by atoms with Crippen LogP contribution in [-0.2, 0) is 16.1 Å². The standard InChI is InChI=1S/C32H26F6N4O5/c1-45-28-25(46-29(43)31(33,34)35)11-10-23-27(28)26(19-6-3-2-4-7-19)24(42(23)47-30(44)32(36,37)38)18-40-14-16-41(17-15-40)22-9-5-8-21-20(22)12-13-39-21/h2-13,39H,14-18H2,1H3. The number of carbonyl (C=O) groups excluding carboxylic acids is 2. The van der Waals surface area contributed by atoms with Gasteiger partial charge in [0.2, 0.25) is 0 Å². The first-order valence-electron chi connectivity index (χ1n) is 14.3. The van der Waals surface area contributed by atoms with Gasteiger partial charge in [0, 0.05) is 61.1 Å². The Balaban J connectivity index is 1.45. The van der Waals surface area contributed by atoms with Gasteiger partial charge in [0.1, 0.15) is 0 Å². The van der Waals surface area contributed by atoms with Gasteiger partial charge in [-0.1, -0.05) is 36.4 Å². The fourth-order valence-electron chi connectivity index (χ4n) is 5.80. The Morgan fingerprint density at radius 1 is 0.830 bits per heavy atom. The third-order valence-electron chi connectivity index (χ3n) is 7.87. The highest BCUT2D eigenvalue weighted by atomic mass is 19.4. The Kier molecular flexibility index (Phi) is 8.26. The maximum atomic E-state index is 13.5. The maximum absolute atomic E-state index is 13.5. The molecule has 6 rings (SSSR count). The van der Waals surface area contributed by atoms with Crippen LogP contribution in [0.2, 0.25) is 0 Å². The van der Waals surface area contributed by atoms with Crippen molar-refractivity contribution in [3.63, 3.8) is 0 Å². The zero-order valence-corrected chi connectivity index (χ0v) is 24.6. The molecule has 1 N–H and O–H groups in total. The van der Waals surface area contributed by atoms with Crippen LogP contribution in [0.15, 0.2) is 72.9 Å². The number of methoxy groups -OCH3 is 1. The highest BCUT2D eigenvalue weighted by molar-refractivity contribution is 6.04. The van der Waals surface area contributed by atoms with Crippen molar-refractivity contribution in [3.05, 3.63) is 78.6 Å². The number of ether oxygens (including phenoxy) is 2. The van der Waals surface area contributed by atoms with Crippen molar-refractivity contribution in [1.29, 1.82) is 0 Å². The summed E-state index contributed by atoms with van der Waals surface area (Å²) in [5, 5.41) is 1.02. The number of alkyl halides is 6. The molecule has 47 heavy (non-hydrogen) atoms. The van der Waals surface area contributed by atoms with Gasteiger partial charge >= 0.3 is 24.3 Å². The van der Waals surface area contributed by atoms with Gasteiger partial charge in [0.25, 0.3) is 0 Å². The quantitative estimate of drug-likeness (QED) is 0.128. The van der Waals surface area contributed by atoms with Gasteiger partial charge in [-0.25, -0.2) is 9.59 Å². The highest BCUT2D eigenvalue weighted by Crippen LogP contribution is 2.45.